The SMILES string of the molecule is c1ccc(-c2ccc(N3c4cc(-n5c6ccccc6c6ccccc65)ccc4B4c5ccc(-c6nc(-c7ccccc7)nc(-c7ccccc7)n6)cc5N(c5ccc(-c6ccccc6)cc5-c5ccccc5)c5c4c3cc3c5sc4ccccc43)c(-c3ccccc3)c2)cc1. The minimum absolute atomic E-state index is 0.251. The predicted octanol–water partition coefficient (Wildman–Crippen LogP) is 21.1. The van der Waals surface area contributed by atoms with Crippen LogP contribution in [0.15, 0.2) is 334 Å². The Labute approximate surface area is 554 Å². The maximum atomic E-state index is 5.41. The highest BCUT2D eigenvalue weighted by Gasteiger charge is 2.46. The van der Waals surface area contributed by atoms with Gasteiger partial charge in [-0.2, -0.15) is 0 Å². The molecule has 0 saturated heterocycles. The first kappa shape index (κ1) is 54.5. The maximum Gasteiger partial charge on any atom is 0.252 e. The number of hydrogen-bond acceptors (Lipinski definition) is 6. The van der Waals surface area contributed by atoms with E-state index < -0.39 is 0 Å². The van der Waals surface area contributed by atoms with Gasteiger partial charge in [0.05, 0.1) is 32.8 Å². The van der Waals surface area contributed by atoms with Gasteiger partial charge in [0.2, 0.25) is 0 Å². The van der Waals surface area contributed by atoms with Crippen LogP contribution in [0.4, 0.5) is 34.1 Å². The molecule has 0 atom stereocenters. The zero-order valence-corrected chi connectivity index (χ0v) is 52.2. The molecule has 5 heterocycles. The number of nitrogens with zero attached hydrogens (tertiary/aromatic N) is 6. The Hall–Kier alpha value is -12.2. The number of benzene rings is 14. The van der Waals surface area contributed by atoms with Crippen molar-refractivity contribution in [2.75, 3.05) is 9.80 Å². The van der Waals surface area contributed by atoms with Gasteiger partial charge in [0.1, 0.15) is 0 Å². The summed E-state index contributed by atoms with van der Waals surface area (Å²) >= 11 is 1.88. The van der Waals surface area contributed by atoms with Crippen LogP contribution in [0.5, 0.6) is 0 Å². The van der Waals surface area contributed by atoms with Crippen LogP contribution >= 0.6 is 11.3 Å². The molecule has 442 valence electrons. The average Bonchev–Trinajstić information content (AvgIpc) is 1.62. The molecule has 0 spiro atoms. The van der Waals surface area contributed by atoms with Crippen molar-refractivity contribution in [3.05, 3.63) is 334 Å². The van der Waals surface area contributed by atoms with Crippen molar-refractivity contribution in [1.29, 1.82) is 0 Å². The summed E-state index contributed by atoms with van der Waals surface area (Å²) in [6, 6.07) is 122. The van der Waals surface area contributed by atoms with Crippen molar-refractivity contribution >= 4 is 111 Å². The Bertz CT molecular complexity index is 5750. The number of aromatic nitrogens is 4. The number of anilines is 6. The summed E-state index contributed by atoms with van der Waals surface area (Å²) < 4.78 is 4.90. The Kier molecular flexibility index (Phi) is 12.8. The molecule has 8 heteroatoms. The summed E-state index contributed by atoms with van der Waals surface area (Å²) in [6.45, 7) is -0.251. The lowest BCUT2D eigenvalue weighted by atomic mass is 9.33. The molecular formula is C87H55BN6S. The van der Waals surface area contributed by atoms with Crippen molar-refractivity contribution in [3.8, 4) is 84.4 Å². The fourth-order valence-electron chi connectivity index (χ4n) is 14.9. The van der Waals surface area contributed by atoms with Gasteiger partial charge in [0, 0.05) is 76.8 Å². The van der Waals surface area contributed by atoms with E-state index in [9.17, 15) is 0 Å². The van der Waals surface area contributed by atoms with E-state index in [0.717, 1.165) is 112 Å². The van der Waals surface area contributed by atoms with Crippen LogP contribution in [0, 0.1) is 0 Å². The van der Waals surface area contributed by atoms with E-state index in [1.165, 1.54) is 47.3 Å². The van der Waals surface area contributed by atoms with Crippen molar-refractivity contribution in [2.45, 2.75) is 0 Å². The van der Waals surface area contributed by atoms with Crippen molar-refractivity contribution < 1.29 is 0 Å². The fourth-order valence-corrected chi connectivity index (χ4v) is 16.2. The lowest BCUT2D eigenvalue weighted by Gasteiger charge is -2.45. The number of hydrogen-bond donors (Lipinski definition) is 0. The van der Waals surface area contributed by atoms with Gasteiger partial charge in [-0.3, -0.25) is 0 Å². The molecular weight excluding hydrogens is 1170 g/mol. The molecule has 0 unspecified atom stereocenters. The number of rotatable bonds is 10. The van der Waals surface area contributed by atoms with Gasteiger partial charge in [0.15, 0.2) is 17.5 Å². The van der Waals surface area contributed by atoms with Gasteiger partial charge in [-0.25, -0.2) is 15.0 Å². The molecule has 3 aromatic heterocycles. The molecule has 17 aromatic rings. The molecule has 95 heavy (non-hydrogen) atoms. The summed E-state index contributed by atoms with van der Waals surface area (Å²) in [5.74, 6) is 1.81. The normalized spacial score (nSPS) is 12.4. The van der Waals surface area contributed by atoms with Crippen LogP contribution < -0.4 is 26.2 Å². The largest absolute Gasteiger partial charge is 0.311 e. The van der Waals surface area contributed by atoms with Crippen molar-refractivity contribution in [2.24, 2.45) is 0 Å². The van der Waals surface area contributed by atoms with E-state index in [1.807, 2.05) is 47.7 Å². The molecule has 14 aromatic carbocycles. The third-order valence-electron chi connectivity index (χ3n) is 19.2. The molecule has 19 rings (SSSR count). The van der Waals surface area contributed by atoms with E-state index in [2.05, 4.69) is 312 Å². The molecule has 0 N–H and O–H groups in total. The molecule has 0 radical (unpaired) electrons. The summed E-state index contributed by atoms with van der Waals surface area (Å²) in [7, 11) is 0. The smallest absolute Gasteiger partial charge is 0.252 e. The second-order valence-electron chi connectivity index (χ2n) is 24.6. The second kappa shape index (κ2) is 22.3. The third-order valence-corrected chi connectivity index (χ3v) is 20.4. The predicted molar refractivity (Wildman–Crippen MR) is 399 cm³/mol. The first-order chi connectivity index (χ1) is 47.1. The highest BCUT2D eigenvalue weighted by Crippen LogP contribution is 2.54. The van der Waals surface area contributed by atoms with E-state index in [-0.39, 0.29) is 6.71 Å². The summed E-state index contributed by atoms with van der Waals surface area (Å²) in [5.41, 5.74) is 25.4. The third kappa shape index (κ3) is 8.98. The van der Waals surface area contributed by atoms with Crippen LogP contribution in [0.2, 0.25) is 0 Å². The Balaban J connectivity index is 0.955. The van der Waals surface area contributed by atoms with E-state index >= 15 is 0 Å². The minimum atomic E-state index is -0.251. The number of para-hydroxylation sites is 2. The van der Waals surface area contributed by atoms with Gasteiger partial charge >= 0.3 is 0 Å². The Morgan fingerprint density at radius 2 is 0.695 bits per heavy atom. The summed E-state index contributed by atoms with van der Waals surface area (Å²) in [6.07, 6.45) is 0. The molecule has 0 aliphatic carbocycles. The lowest BCUT2D eigenvalue weighted by molar-refractivity contribution is 1.07. The van der Waals surface area contributed by atoms with Crippen LogP contribution in [0.1, 0.15) is 0 Å². The lowest BCUT2D eigenvalue weighted by Crippen LogP contribution is -2.61. The highest BCUT2D eigenvalue weighted by molar-refractivity contribution is 7.26. The highest BCUT2D eigenvalue weighted by atomic mass is 32.1. The first-order valence-electron chi connectivity index (χ1n) is 32.4. The fraction of sp³-hybridized carbons (Fsp3) is 0. The molecule has 0 amide bonds. The van der Waals surface area contributed by atoms with Crippen LogP contribution in [-0.4, -0.2) is 26.2 Å². The second-order valence-corrected chi connectivity index (χ2v) is 25.6. The van der Waals surface area contributed by atoms with Gasteiger partial charge in [-0.1, -0.05) is 267 Å². The Morgan fingerprint density at radius 1 is 0.274 bits per heavy atom. The molecule has 0 fully saturated rings. The van der Waals surface area contributed by atoms with Gasteiger partial charge in [-0.05, 0) is 116 Å². The van der Waals surface area contributed by atoms with Crippen LogP contribution in [0.25, 0.3) is 126 Å². The monoisotopic (exact) mass is 1230 g/mol. The van der Waals surface area contributed by atoms with Gasteiger partial charge < -0.3 is 14.4 Å². The van der Waals surface area contributed by atoms with Crippen molar-refractivity contribution in [1.82, 2.24) is 19.5 Å². The number of thiophene rings is 1. The molecule has 0 bridgehead atoms. The van der Waals surface area contributed by atoms with E-state index in [1.54, 1.807) is 0 Å². The van der Waals surface area contributed by atoms with Crippen molar-refractivity contribution in [3.63, 3.8) is 0 Å². The minimum Gasteiger partial charge on any atom is -0.311 e. The summed E-state index contributed by atoms with van der Waals surface area (Å²) in [5, 5.41) is 4.84. The quantitative estimate of drug-likeness (QED) is 0.128. The molecule has 2 aliphatic rings. The standard InChI is InChI=1S/C87H55BN6S/c1-7-25-56(26-8-1)62-44-49-76(69(51-62)58-29-11-3-12-30-58)93-79-54-65(92-74-40-22-19-37-66(74)67-38-20-23-41-75(67)92)46-48-73(79)88-72-47-43-64(87-90-85(60-33-15-5-16-34-60)89-86(91-87)61-35-17-6-18-36-61)53-78(72)94(83-82(88)80(93)55-71-68-39-21-24-42-81(68)95-84(71)83)77-50-45-63(57-27-9-2-10-28-57)52-70(77)59-31-13-4-14-32-59/h1-55H. The average molecular weight is 1230 g/mol. The Morgan fingerprint density at radius 3 is 1.23 bits per heavy atom. The summed E-state index contributed by atoms with van der Waals surface area (Å²) in [4.78, 5) is 21.2. The molecule has 2 aliphatic heterocycles. The number of fused-ring (bicyclic) bond motifs is 11. The molecule has 6 nitrogen and oxygen atoms in total. The van der Waals surface area contributed by atoms with Gasteiger partial charge in [-0.15, -0.1) is 11.3 Å². The van der Waals surface area contributed by atoms with E-state index in [0.29, 0.717) is 17.5 Å². The van der Waals surface area contributed by atoms with Crippen LogP contribution in [-0.2, 0) is 0 Å². The van der Waals surface area contributed by atoms with Crippen LogP contribution in [0.3, 0.4) is 0 Å². The van der Waals surface area contributed by atoms with Gasteiger partial charge in [0.25, 0.3) is 6.71 Å². The van der Waals surface area contributed by atoms with E-state index in [4.69, 9.17) is 15.0 Å². The zero-order chi connectivity index (χ0) is 62.5. The maximum absolute atomic E-state index is 5.41. The topological polar surface area (TPSA) is 50.1 Å². The molecule has 0 saturated carbocycles. The first-order valence-corrected chi connectivity index (χ1v) is 33.2. The zero-order valence-electron chi connectivity index (χ0n) is 51.4.